The zero-order valence-electron chi connectivity index (χ0n) is 12.1. The van der Waals surface area contributed by atoms with Gasteiger partial charge in [-0.25, -0.2) is 19.4 Å². The number of rotatable bonds is 11. The minimum Gasteiger partial charge on any atom is -0.481 e. The fourth-order valence-corrected chi connectivity index (χ4v) is 1.59. The van der Waals surface area contributed by atoms with E-state index in [2.05, 4.69) is 16.7 Å². The van der Waals surface area contributed by atoms with Crippen molar-refractivity contribution in [3.63, 3.8) is 0 Å². The molecule has 116 valence electrons. The van der Waals surface area contributed by atoms with Crippen molar-refractivity contribution in [3.05, 3.63) is 0 Å². The van der Waals surface area contributed by atoms with Crippen molar-refractivity contribution in [1.29, 1.82) is 0 Å². The molecule has 0 aromatic carbocycles. The first-order valence-electron chi connectivity index (χ1n) is 7.18. The Bertz CT molecular complexity index is 300. The number of carboxylic acid groups (broad SMARTS) is 1. The van der Waals surface area contributed by atoms with Gasteiger partial charge >= 0.3 is 17.9 Å². The summed E-state index contributed by atoms with van der Waals surface area (Å²) in [5.41, 5.74) is 0. The second-order valence-corrected chi connectivity index (χ2v) is 4.68. The summed E-state index contributed by atoms with van der Waals surface area (Å²) < 4.78 is 0. The maximum absolute atomic E-state index is 11.2. The molecule has 0 saturated carbocycles. The van der Waals surface area contributed by atoms with Crippen molar-refractivity contribution in [2.45, 2.75) is 71.1 Å². The topological polar surface area (TPSA) is 89.9 Å². The van der Waals surface area contributed by atoms with Crippen LogP contribution in [0.3, 0.4) is 0 Å². The van der Waals surface area contributed by atoms with Gasteiger partial charge < -0.3 is 5.11 Å². The summed E-state index contributed by atoms with van der Waals surface area (Å²) in [6.07, 6.45) is 6.20. The lowest BCUT2D eigenvalue weighted by molar-refractivity contribution is -0.259. The largest absolute Gasteiger partial charge is 0.481 e. The quantitative estimate of drug-likeness (QED) is 0.357. The highest BCUT2D eigenvalue weighted by Gasteiger charge is 2.09. The predicted molar refractivity (Wildman–Crippen MR) is 71.7 cm³/mol. The van der Waals surface area contributed by atoms with Crippen LogP contribution in [0.5, 0.6) is 0 Å². The van der Waals surface area contributed by atoms with Crippen LogP contribution in [0.25, 0.3) is 0 Å². The number of unbranched alkanes of at least 4 members (excludes halogenated alkanes) is 5. The number of hydrogen-bond donors (Lipinski definition) is 1. The van der Waals surface area contributed by atoms with Gasteiger partial charge in [-0.15, -0.1) is 0 Å². The number of carboxylic acids is 1. The molecule has 6 nitrogen and oxygen atoms in total. The normalized spacial score (nSPS) is 10.1. The van der Waals surface area contributed by atoms with E-state index in [1.165, 1.54) is 0 Å². The van der Waals surface area contributed by atoms with Gasteiger partial charge in [0.2, 0.25) is 0 Å². The third-order valence-electron chi connectivity index (χ3n) is 2.73. The van der Waals surface area contributed by atoms with Crippen LogP contribution < -0.4 is 0 Å². The Kier molecular flexibility index (Phi) is 11.5. The van der Waals surface area contributed by atoms with Crippen LogP contribution >= 0.6 is 0 Å². The summed E-state index contributed by atoms with van der Waals surface area (Å²) in [5.74, 6) is -2.08. The van der Waals surface area contributed by atoms with Gasteiger partial charge in [0, 0.05) is 6.42 Å². The first kappa shape index (κ1) is 18.4. The van der Waals surface area contributed by atoms with Gasteiger partial charge in [0.05, 0.1) is 12.8 Å². The average molecular weight is 288 g/mol. The summed E-state index contributed by atoms with van der Waals surface area (Å²) >= 11 is 0. The lowest BCUT2D eigenvalue weighted by atomic mass is 10.1. The maximum atomic E-state index is 11.2. The van der Waals surface area contributed by atoms with E-state index in [0.717, 1.165) is 32.1 Å². The molecule has 0 unspecified atom stereocenters. The second-order valence-electron chi connectivity index (χ2n) is 4.68. The van der Waals surface area contributed by atoms with Crippen molar-refractivity contribution >= 4 is 17.9 Å². The molecular weight excluding hydrogens is 264 g/mol. The predicted octanol–water partition coefficient (Wildman–Crippen LogP) is 2.99. The number of carbonyl (C=O) groups is 3. The molecule has 0 bridgehead atoms. The SMILES string of the molecule is CCCCCCCC(=O)OOC(=O)CCCCC(=O)O. The maximum Gasteiger partial charge on any atom is 0.355 e. The zero-order valence-corrected chi connectivity index (χ0v) is 12.1. The third kappa shape index (κ3) is 12.9. The van der Waals surface area contributed by atoms with E-state index in [4.69, 9.17) is 5.11 Å². The Morgan fingerprint density at radius 2 is 1.20 bits per heavy atom. The van der Waals surface area contributed by atoms with Gasteiger partial charge in [-0.2, -0.15) is 0 Å². The molecule has 0 aromatic rings. The smallest absolute Gasteiger partial charge is 0.355 e. The molecule has 0 rings (SSSR count). The summed E-state index contributed by atoms with van der Waals surface area (Å²) in [4.78, 5) is 41.4. The minimum atomic E-state index is -0.895. The molecule has 0 aliphatic rings. The molecule has 0 atom stereocenters. The summed E-state index contributed by atoms with van der Waals surface area (Å²) in [6.45, 7) is 2.12. The van der Waals surface area contributed by atoms with Crippen molar-refractivity contribution in [1.82, 2.24) is 0 Å². The van der Waals surface area contributed by atoms with Crippen LogP contribution in [0.15, 0.2) is 0 Å². The van der Waals surface area contributed by atoms with Crippen molar-refractivity contribution in [3.8, 4) is 0 Å². The van der Waals surface area contributed by atoms with Crippen molar-refractivity contribution in [2.75, 3.05) is 0 Å². The molecule has 0 aliphatic heterocycles. The second kappa shape index (κ2) is 12.4. The fourth-order valence-electron chi connectivity index (χ4n) is 1.59. The molecular formula is C14H24O6. The van der Waals surface area contributed by atoms with Gasteiger partial charge in [0.1, 0.15) is 0 Å². The van der Waals surface area contributed by atoms with E-state index in [-0.39, 0.29) is 19.3 Å². The van der Waals surface area contributed by atoms with E-state index in [9.17, 15) is 14.4 Å². The van der Waals surface area contributed by atoms with Crippen LogP contribution in [0.2, 0.25) is 0 Å². The van der Waals surface area contributed by atoms with Crippen LogP contribution in [0.4, 0.5) is 0 Å². The molecule has 0 aliphatic carbocycles. The average Bonchev–Trinajstić information content (AvgIpc) is 2.41. The molecule has 6 heteroatoms. The highest BCUT2D eigenvalue weighted by atomic mass is 17.2. The van der Waals surface area contributed by atoms with Crippen LogP contribution in [-0.2, 0) is 24.2 Å². The standard InChI is InChI=1S/C14H24O6/c1-2-3-4-5-6-10-13(17)19-20-14(18)11-8-7-9-12(15)16/h2-11H2,1H3,(H,15,16). The molecule has 1 N–H and O–H groups in total. The molecule has 0 heterocycles. The van der Waals surface area contributed by atoms with Gasteiger partial charge in [-0.1, -0.05) is 32.6 Å². The van der Waals surface area contributed by atoms with Gasteiger partial charge in [-0.05, 0) is 19.3 Å². The molecule has 0 radical (unpaired) electrons. The molecule has 20 heavy (non-hydrogen) atoms. The molecule has 0 spiro atoms. The van der Waals surface area contributed by atoms with Crippen LogP contribution in [0, 0.1) is 0 Å². The van der Waals surface area contributed by atoms with Crippen molar-refractivity contribution < 1.29 is 29.3 Å². The minimum absolute atomic E-state index is 0.0187. The fraction of sp³-hybridized carbons (Fsp3) is 0.786. The van der Waals surface area contributed by atoms with Gasteiger partial charge in [0.25, 0.3) is 0 Å². The van der Waals surface area contributed by atoms with E-state index in [1.807, 2.05) is 0 Å². The Hall–Kier alpha value is -1.59. The summed E-state index contributed by atoms with van der Waals surface area (Å²) in [5, 5.41) is 8.41. The van der Waals surface area contributed by atoms with Gasteiger partial charge in [-0.3, -0.25) is 4.79 Å². The number of hydrogen-bond acceptors (Lipinski definition) is 5. The Labute approximate surface area is 119 Å². The highest BCUT2D eigenvalue weighted by molar-refractivity contribution is 5.72. The zero-order chi connectivity index (χ0) is 15.2. The van der Waals surface area contributed by atoms with E-state index in [0.29, 0.717) is 12.8 Å². The summed E-state index contributed by atoms with van der Waals surface area (Å²) in [7, 11) is 0. The Balaban J connectivity index is 3.44. The molecule has 0 amide bonds. The number of carbonyl (C=O) groups excluding carboxylic acids is 2. The van der Waals surface area contributed by atoms with Crippen molar-refractivity contribution in [2.24, 2.45) is 0 Å². The van der Waals surface area contributed by atoms with Crippen LogP contribution in [-0.4, -0.2) is 23.0 Å². The molecule has 0 saturated heterocycles. The third-order valence-corrected chi connectivity index (χ3v) is 2.73. The molecule has 0 fully saturated rings. The van der Waals surface area contributed by atoms with E-state index >= 15 is 0 Å². The van der Waals surface area contributed by atoms with E-state index in [1.54, 1.807) is 0 Å². The summed E-state index contributed by atoms with van der Waals surface area (Å²) in [6, 6.07) is 0. The lowest BCUT2D eigenvalue weighted by Crippen LogP contribution is -2.11. The number of aliphatic carboxylic acids is 1. The first-order valence-corrected chi connectivity index (χ1v) is 7.18. The van der Waals surface area contributed by atoms with Crippen LogP contribution in [0.1, 0.15) is 71.1 Å². The monoisotopic (exact) mass is 288 g/mol. The lowest BCUT2D eigenvalue weighted by Gasteiger charge is -2.03. The molecule has 0 aromatic heterocycles. The van der Waals surface area contributed by atoms with E-state index < -0.39 is 17.9 Å². The Morgan fingerprint density at radius 1 is 0.750 bits per heavy atom. The van der Waals surface area contributed by atoms with Gasteiger partial charge in [0.15, 0.2) is 0 Å². The first-order chi connectivity index (χ1) is 9.56. The Morgan fingerprint density at radius 3 is 1.70 bits per heavy atom. The highest BCUT2D eigenvalue weighted by Crippen LogP contribution is 2.06.